The monoisotopic (exact) mass is 310 g/mol. The molecule has 0 aromatic rings. The van der Waals surface area contributed by atoms with Crippen LogP contribution in [0.5, 0.6) is 0 Å². The highest BCUT2D eigenvalue weighted by Gasteiger charge is 2.51. The van der Waals surface area contributed by atoms with Crippen LogP contribution in [0.4, 0.5) is 0 Å². The molecule has 4 bridgehead atoms. The molecule has 0 aromatic heterocycles. The quantitative estimate of drug-likeness (QED) is 0.844. The largest absolute Gasteiger partial charge is 0.358 e. The summed E-state index contributed by atoms with van der Waals surface area (Å²) in [5.41, 5.74) is 0. The standard InChI is InChI=1S/C16H26N2O2S/c1-17-14(19)9-18(2)15(20)10-21-16-6-11-3-12(7-16)5-13(4-11)8-16/h11-13H,3-10H2,1-2H3,(H,17,19). The molecule has 1 N–H and O–H groups in total. The molecule has 4 nitrogen and oxygen atoms in total. The summed E-state index contributed by atoms with van der Waals surface area (Å²) >= 11 is 1.88. The van der Waals surface area contributed by atoms with Crippen molar-refractivity contribution in [2.75, 3.05) is 26.4 Å². The molecule has 0 unspecified atom stereocenters. The second-order valence-corrected chi connectivity index (χ2v) is 8.76. The van der Waals surface area contributed by atoms with E-state index in [2.05, 4.69) is 5.32 Å². The van der Waals surface area contributed by atoms with E-state index in [0.717, 1.165) is 17.8 Å². The molecule has 4 saturated carbocycles. The van der Waals surface area contributed by atoms with Crippen LogP contribution < -0.4 is 5.32 Å². The number of carbonyl (C=O) groups excluding carboxylic acids is 2. The van der Waals surface area contributed by atoms with Crippen LogP contribution in [-0.2, 0) is 9.59 Å². The van der Waals surface area contributed by atoms with Crippen molar-refractivity contribution in [3.63, 3.8) is 0 Å². The predicted molar refractivity (Wildman–Crippen MR) is 85.1 cm³/mol. The predicted octanol–water partition coefficient (Wildman–Crippen LogP) is 1.89. The molecule has 0 saturated heterocycles. The maximum Gasteiger partial charge on any atom is 0.239 e. The third-order valence-electron chi connectivity index (χ3n) is 5.57. The van der Waals surface area contributed by atoms with Gasteiger partial charge in [-0.1, -0.05) is 0 Å². The van der Waals surface area contributed by atoms with Crippen LogP contribution in [0.15, 0.2) is 0 Å². The van der Waals surface area contributed by atoms with Gasteiger partial charge in [0, 0.05) is 18.8 Å². The number of nitrogens with one attached hydrogen (secondary N) is 1. The summed E-state index contributed by atoms with van der Waals surface area (Å²) in [5, 5.41) is 2.56. The van der Waals surface area contributed by atoms with Crippen molar-refractivity contribution in [3.8, 4) is 0 Å². The second kappa shape index (κ2) is 5.82. The molecular weight excluding hydrogens is 284 g/mol. The molecule has 4 rings (SSSR count). The first-order valence-electron chi connectivity index (χ1n) is 8.08. The van der Waals surface area contributed by atoms with Gasteiger partial charge in [0.2, 0.25) is 11.8 Å². The van der Waals surface area contributed by atoms with Crippen molar-refractivity contribution >= 4 is 23.6 Å². The van der Waals surface area contributed by atoms with Crippen LogP contribution in [0, 0.1) is 17.8 Å². The first-order chi connectivity index (χ1) is 9.99. The Kier molecular flexibility index (Phi) is 4.21. The van der Waals surface area contributed by atoms with Gasteiger partial charge >= 0.3 is 0 Å². The number of amides is 2. The van der Waals surface area contributed by atoms with Crippen LogP contribution in [0.1, 0.15) is 38.5 Å². The van der Waals surface area contributed by atoms with Crippen molar-refractivity contribution in [1.82, 2.24) is 10.2 Å². The van der Waals surface area contributed by atoms with E-state index in [1.807, 2.05) is 11.8 Å². The highest BCUT2D eigenvalue weighted by atomic mass is 32.2. The molecule has 0 heterocycles. The van der Waals surface area contributed by atoms with Gasteiger partial charge < -0.3 is 10.2 Å². The van der Waals surface area contributed by atoms with Gasteiger partial charge in [-0.3, -0.25) is 9.59 Å². The lowest BCUT2D eigenvalue weighted by molar-refractivity contribution is -0.132. The van der Waals surface area contributed by atoms with Crippen molar-refractivity contribution < 1.29 is 9.59 Å². The lowest BCUT2D eigenvalue weighted by Gasteiger charge is -2.56. The van der Waals surface area contributed by atoms with Crippen LogP contribution in [0.2, 0.25) is 0 Å². The molecule has 0 spiro atoms. The van der Waals surface area contributed by atoms with Crippen LogP contribution in [-0.4, -0.2) is 47.9 Å². The third kappa shape index (κ3) is 3.22. The molecule has 0 aliphatic heterocycles. The first kappa shape index (κ1) is 15.2. The summed E-state index contributed by atoms with van der Waals surface area (Å²) in [7, 11) is 3.32. The van der Waals surface area contributed by atoms with Crippen LogP contribution in [0.3, 0.4) is 0 Å². The van der Waals surface area contributed by atoms with E-state index >= 15 is 0 Å². The molecule has 0 radical (unpaired) electrons. The number of hydrogen-bond acceptors (Lipinski definition) is 3. The second-order valence-electron chi connectivity index (χ2n) is 7.31. The number of carbonyl (C=O) groups is 2. The number of likely N-dealkylation sites (N-methyl/N-ethyl adjacent to an activating group) is 2. The van der Waals surface area contributed by atoms with Crippen molar-refractivity contribution in [1.29, 1.82) is 0 Å². The minimum absolute atomic E-state index is 0.0827. The van der Waals surface area contributed by atoms with E-state index in [-0.39, 0.29) is 18.4 Å². The zero-order valence-electron chi connectivity index (χ0n) is 13.1. The van der Waals surface area contributed by atoms with Gasteiger partial charge in [-0.15, -0.1) is 11.8 Å². The summed E-state index contributed by atoms with van der Waals surface area (Å²) in [6.07, 6.45) is 8.25. The first-order valence-corrected chi connectivity index (χ1v) is 9.07. The Morgan fingerprint density at radius 3 is 2.14 bits per heavy atom. The average Bonchev–Trinajstić information content (AvgIpc) is 2.43. The zero-order chi connectivity index (χ0) is 15.0. The Morgan fingerprint density at radius 2 is 1.67 bits per heavy atom. The summed E-state index contributed by atoms with van der Waals surface area (Å²) in [5.74, 6) is 3.26. The smallest absolute Gasteiger partial charge is 0.239 e. The fourth-order valence-corrected chi connectivity index (χ4v) is 6.63. The lowest BCUT2D eigenvalue weighted by Crippen LogP contribution is -2.49. The fraction of sp³-hybridized carbons (Fsp3) is 0.875. The molecule has 21 heavy (non-hydrogen) atoms. The summed E-state index contributed by atoms with van der Waals surface area (Å²) in [6, 6.07) is 0. The lowest BCUT2D eigenvalue weighted by atomic mass is 9.56. The maximum atomic E-state index is 12.2. The van der Waals surface area contributed by atoms with E-state index in [1.54, 1.807) is 19.0 Å². The topological polar surface area (TPSA) is 49.4 Å². The highest BCUT2D eigenvalue weighted by Crippen LogP contribution is 2.60. The molecule has 2 amide bonds. The van der Waals surface area contributed by atoms with Crippen LogP contribution in [0.25, 0.3) is 0 Å². The Labute approximate surface area is 131 Å². The third-order valence-corrected chi connectivity index (χ3v) is 7.07. The molecule has 0 atom stereocenters. The van der Waals surface area contributed by atoms with E-state index in [0.29, 0.717) is 10.5 Å². The van der Waals surface area contributed by atoms with Crippen molar-refractivity contribution in [2.24, 2.45) is 17.8 Å². The Bertz CT molecular complexity index is 403. The molecular formula is C16H26N2O2S. The minimum atomic E-state index is -0.106. The Morgan fingerprint density at radius 1 is 1.14 bits per heavy atom. The van der Waals surface area contributed by atoms with Gasteiger partial charge in [0.1, 0.15) is 0 Å². The molecule has 5 heteroatoms. The van der Waals surface area contributed by atoms with E-state index in [9.17, 15) is 9.59 Å². The number of hydrogen-bond donors (Lipinski definition) is 1. The molecule has 4 aliphatic rings. The van der Waals surface area contributed by atoms with E-state index in [1.165, 1.54) is 38.5 Å². The van der Waals surface area contributed by atoms with Gasteiger partial charge in [-0.05, 0) is 56.3 Å². The summed E-state index contributed by atoms with van der Waals surface area (Å²) < 4.78 is 0.373. The fourth-order valence-electron chi connectivity index (χ4n) is 4.92. The molecule has 4 fully saturated rings. The maximum absolute atomic E-state index is 12.2. The van der Waals surface area contributed by atoms with Gasteiger partial charge in [0.25, 0.3) is 0 Å². The average molecular weight is 310 g/mol. The normalized spacial score (nSPS) is 36.6. The highest BCUT2D eigenvalue weighted by molar-refractivity contribution is 8.01. The molecule has 4 aliphatic carbocycles. The van der Waals surface area contributed by atoms with Gasteiger partial charge in [-0.2, -0.15) is 0 Å². The van der Waals surface area contributed by atoms with Crippen LogP contribution >= 0.6 is 11.8 Å². The van der Waals surface area contributed by atoms with Gasteiger partial charge in [0.15, 0.2) is 0 Å². The number of thioether (sulfide) groups is 1. The van der Waals surface area contributed by atoms with E-state index in [4.69, 9.17) is 0 Å². The SMILES string of the molecule is CNC(=O)CN(C)C(=O)CSC12CC3CC(CC(C3)C1)C2. The Balaban J connectivity index is 1.53. The zero-order valence-corrected chi connectivity index (χ0v) is 13.9. The Hall–Kier alpha value is -0.710. The van der Waals surface area contributed by atoms with Crippen molar-refractivity contribution in [2.45, 2.75) is 43.3 Å². The van der Waals surface area contributed by atoms with E-state index < -0.39 is 0 Å². The number of rotatable bonds is 5. The van der Waals surface area contributed by atoms with Crippen molar-refractivity contribution in [3.05, 3.63) is 0 Å². The summed E-state index contributed by atoms with van der Waals surface area (Å²) in [6.45, 7) is 0.163. The molecule has 0 aromatic carbocycles. The summed E-state index contributed by atoms with van der Waals surface area (Å²) in [4.78, 5) is 25.1. The van der Waals surface area contributed by atoms with Gasteiger partial charge in [0.05, 0.1) is 12.3 Å². The van der Waals surface area contributed by atoms with Gasteiger partial charge in [-0.25, -0.2) is 0 Å². The minimum Gasteiger partial charge on any atom is -0.358 e. The molecule has 118 valence electrons. The number of nitrogens with zero attached hydrogens (tertiary/aromatic N) is 1.